The maximum absolute atomic E-state index is 12.1. The van der Waals surface area contributed by atoms with E-state index in [9.17, 15) is 4.79 Å². The number of carbonyl (C=O) groups is 1. The Morgan fingerprint density at radius 3 is 2.45 bits per heavy atom. The molecule has 1 aromatic carbocycles. The Hall–Kier alpha value is -1.35. The highest BCUT2D eigenvalue weighted by molar-refractivity contribution is 5.96. The van der Waals surface area contributed by atoms with Crippen LogP contribution in [0.5, 0.6) is 0 Å². The van der Waals surface area contributed by atoms with Crippen LogP contribution in [0.15, 0.2) is 24.3 Å². The van der Waals surface area contributed by atoms with E-state index in [0.29, 0.717) is 6.42 Å². The number of anilines is 1. The van der Waals surface area contributed by atoms with Crippen LogP contribution >= 0.6 is 0 Å². The third kappa shape index (κ3) is 4.34. The number of ketones is 1. The first kappa shape index (κ1) is 15.0. The molecule has 0 saturated carbocycles. The van der Waals surface area contributed by atoms with Gasteiger partial charge in [0.2, 0.25) is 0 Å². The van der Waals surface area contributed by atoms with Gasteiger partial charge in [0.05, 0.1) is 13.2 Å². The highest BCUT2D eigenvalue weighted by atomic mass is 16.5. The predicted octanol–water partition coefficient (Wildman–Crippen LogP) is 3.68. The maximum Gasteiger partial charge on any atom is 0.162 e. The molecule has 20 heavy (non-hydrogen) atoms. The summed E-state index contributed by atoms with van der Waals surface area (Å²) in [4.78, 5) is 14.4. The number of ether oxygens (including phenoxy) is 1. The lowest BCUT2D eigenvalue weighted by Gasteiger charge is -2.28. The molecule has 1 fully saturated rings. The van der Waals surface area contributed by atoms with Gasteiger partial charge in [-0.15, -0.1) is 0 Å². The zero-order chi connectivity index (χ0) is 14.2. The van der Waals surface area contributed by atoms with Crippen LogP contribution in [0.4, 0.5) is 5.69 Å². The first-order chi connectivity index (χ1) is 9.81. The van der Waals surface area contributed by atoms with Gasteiger partial charge in [-0.3, -0.25) is 4.79 Å². The number of hydrogen-bond donors (Lipinski definition) is 0. The van der Waals surface area contributed by atoms with Crippen LogP contribution in [0.3, 0.4) is 0 Å². The zero-order valence-corrected chi connectivity index (χ0v) is 12.4. The van der Waals surface area contributed by atoms with Crippen LogP contribution in [0.2, 0.25) is 0 Å². The van der Waals surface area contributed by atoms with Crippen LogP contribution in [0.1, 0.15) is 49.4 Å². The highest BCUT2D eigenvalue weighted by Crippen LogP contribution is 2.18. The quantitative estimate of drug-likeness (QED) is 0.561. The van der Waals surface area contributed by atoms with E-state index in [0.717, 1.165) is 44.7 Å². The molecule has 0 amide bonds. The van der Waals surface area contributed by atoms with Gasteiger partial charge in [-0.25, -0.2) is 0 Å². The largest absolute Gasteiger partial charge is 0.378 e. The van der Waals surface area contributed by atoms with Crippen molar-refractivity contribution in [3.63, 3.8) is 0 Å². The molecule has 3 nitrogen and oxygen atoms in total. The first-order valence-electron chi connectivity index (χ1n) is 7.77. The third-order valence-corrected chi connectivity index (χ3v) is 3.82. The van der Waals surface area contributed by atoms with Crippen LogP contribution in [0, 0.1) is 0 Å². The van der Waals surface area contributed by atoms with Gasteiger partial charge >= 0.3 is 0 Å². The third-order valence-electron chi connectivity index (χ3n) is 3.82. The van der Waals surface area contributed by atoms with Crippen molar-refractivity contribution in [2.45, 2.75) is 39.0 Å². The van der Waals surface area contributed by atoms with Crippen molar-refractivity contribution in [1.82, 2.24) is 0 Å². The van der Waals surface area contributed by atoms with Gasteiger partial charge in [-0.05, 0) is 30.7 Å². The maximum atomic E-state index is 12.1. The summed E-state index contributed by atoms with van der Waals surface area (Å²) in [6.45, 7) is 5.64. The first-order valence-corrected chi connectivity index (χ1v) is 7.77. The standard InChI is InChI=1S/C17H25NO2/c1-2-3-4-5-6-17(19)15-7-9-16(10-8-15)18-11-13-20-14-12-18/h7-10H,2-6,11-14H2,1H3. The molecule has 0 radical (unpaired) electrons. The number of rotatable bonds is 7. The lowest BCUT2D eigenvalue weighted by atomic mass is 10.0. The Balaban J connectivity index is 1.85. The molecule has 0 aliphatic carbocycles. The van der Waals surface area contributed by atoms with Crippen LogP contribution < -0.4 is 4.90 Å². The molecule has 1 aromatic rings. The molecule has 3 heteroatoms. The van der Waals surface area contributed by atoms with Gasteiger partial charge in [-0.2, -0.15) is 0 Å². The van der Waals surface area contributed by atoms with E-state index >= 15 is 0 Å². The van der Waals surface area contributed by atoms with E-state index in [4.69, 9.17) is 4.74 Å². The summed E-state index contributed by atoms with van der Waals surface area (Å²) in [7, 11) is 0. The van der Waals surface area contributed by atoms with Crippen molar-refractivity contribution in [3.05, 3.63) is 29.8 Å². The lowest BCUT2D eigenvalue weighted by molar-refractivity contribution is 0.0979. The summed E-state index contributed by atoms with van der Waals surface area (Å²) in [5.74, 6) is 0.273. The minimum Gasteiger partial charge on any atom is -0.378 e. The van der Waals surface area contributed by atoms with Crippen LogP contribution in [-0.4, -0.2) is 32.1 Å². The van der Waals surface area contributed by atoms with Gasteiger partial charge < -0.3 is 9.64 Å². The van der Waals surface area contributed by atoms with Crippen molar-refractivity contribution in [1.29, 1.82) is 0 Å². The number of Topliss-reactive ketones (excluding diaryl/α,β-unsaturated/α-hetero) is 1. The molecule has 110 valence electrons. The minimum atomic E-state index is 0.273. The van der Waals surface area contributed by atoms with E-state index in [1.807, 2.05) is 12.1 Å². The van der Waals surface area contributed by atoms with Crippen molar-refractivity contribution in [2.24, 2.45) is 0 Å². The average molecular weight is 275 g/mol. The molecule has 2 rings (SSSR count). The highest BCUT2D eigenvalue weighted by Gasteiger charge is 2.12. The summed E-state index contributed by atoms with van der Waals surface area (Å²) in [5, 5.41) is 0. The SMILES string of the molecule is CCCCCCC(=O)c1ccc(N2CCOCC2)cc1. The summed E-state index contributed by atoms with van der Waals surface area (Å²) in [6.07, 6.45) is 5.29. The van der Waals surface area contributed by atoms with E-state index in [2.05, 4.69) is 24.0 Å². The van der Waals surface area contributed by atoms with Crippen LogP contribution in [-0.2, 0) is 4.74 Å². The lowest BCUT2D eigenvalue weighted by Crippen LogP contribution is -2.36. The molecule has 0 bridgehead atoms. The molecule has 1 saturated heterocycles. The molecule has 0 spiro atoms. The van der Waals surface area contributed by atoms with E-state index < -0.39 is 0 Å². The number of carbonyl (C=O) groups excluding carboxylic acids is 1. The van der Waals surface area contributed by atoms with Crippen LogP contribution in [0.25, 0.3) is 0 Å². The van der Waals surface area contributed by atoms with Gasteiger partial charge in [0.15, 0.2) is 5.78 Å². The van der Waals surface area contributed by atoms with Crippen molar-refractivity contribution in [2.75, 3.05) is 31.2 Å². The Labute approximate surface area is 121 Å². The number of hydrogen-bond acceptors (Lipinski definition) is 3. The summed E-state index contributed by atoms with van der Waals surface area (Å²) >= 11 is 0. The second-order valence-corrected chi connectivity index (χ2v) is 5.38. The fourth-order valence-electron chi connectivity index (χ4n) is 2.54. The van der Waals surface area contributed by atoms with Gasteiger partial charge in [0.1, 0.15) is 0 Å². The zero-order valence-electron chi connectivity index (χ0n) is 12.4. The monoisotopic (exact) mass is 275 g/mol. The Kier molecular flexibility index (Phi) is 6.06. The molecule has 1 aliphatic rings. The summed E-state index contributed by atoms with van der Waals surface area (Å²) in [5.41, 5.74) is 2.04. The summed E-state index contributed by atoms with van der Waals surface area (Å²) < 4.78 is 5.35. The molecule has 0 unspecified atom stereocenters. The minimum absolute atomic E-state index is 0.273. The molecule has 0 N–H and O–H groups in total. The average Bonchev–Trinajstić information content (AvgIpc) is 2.52. The van der Waals surface area contributed by atoms with Gasteiger partial charge in [0, 0.05) is 30.8 Å². The summed E-state index contributed by atoms with van der Waals surface area (Å²) in [6, 6.07) is 8.05. The molecule has 0 atom stereocenters. The van der Waals surface area contributed by atoms with E-state index in [1.54, 1.807) is 0 Å². The predicted molar refractivity (Wildman–Crippen MR) is 82.6 cm³/mol. The fourth-order valence-corrected chi connectivity index (χ4v) is 2.54. The molecular weight excluding hydrogens is 250 g/mol. The van der Waals surface area contributed by atoms with Crippen molar-refractivity contribution < 1.29 is 9.53 Å². The number of unbranched alkanes of at least 4 members (excludes halogenated alkanes) is 3. The molecule has 0 aromatic heterocycles. The van der Waals surface area contributed by atoms with Crippen molar-refractivity contribution >= 4 is 11.5 Å². The normalized spacial score (nSPS) is 15.3. The number of benzene rings is 1. The van der Waals surface area contributed by atoms with E-state index in [-0.39, 0.29) is 5.78 Å². The fraction of sp³-hybridized carbons (Fsp3) is 0.588. The van der Waals surface area contributed by atoms with E-state index in [1.165, 1.54) is 18.5 Å². The molecular formula is C17H25NO2. The Morgan fingerprint density at radius 1 is 1.10 bits per heavy atom. The van der Waals surface area contributed by atoms with Gasteiger partial charge in [-0.1, -0.05) is 26.2 Å². The number of nitrogens with zero attached hydrogens (tertiary/aromatic N) is 1. The second kappa shape index (κ2) is 8.05. The smallest absolute Gasteiger partial charge is 0.162 e. The van der Waals surface area contributed by atoms with Gasteiger partial charge in [0.25, 0.3) is 0 Å². The Bertz CT molecular complexity index is 408. The topological polar surface area (TPSA) is 29.5 Å². The molecule has 1 heterocycles. The van der Waals surface area contributed by atoms with Crippen molar-refractivity contribution in [3.8, 4) is 0 Å². The molecule has 1 aliphatic heterocycles. The Morgan fingerprint density at radius 2 is 1.80 bits per heavy atom. The second-order valence-electron chi connectivity index (χ2n) is 5.38. The number of morpholine rings is 1.